The zero-order chi connectivity index (χ0) is 9.80. The first-order valence-corrected chi connectivity index (χ1v) is 5.85. The maximum Gasteiger partial charge on any atom is 0.0703 e. The largest absolute Gasteiger partial charge is 0.376 e. The summed E-state index contributed by atoms with van der Waals surface area (Å²) in [5.74, 6) is 0.860. The molecular formula is C11H22N2O. The van der Waals surface area contributed by atoms with Crippen molar-refractivity contribution in [2.75, 3.05) is 39.8 Å². The Kier molecular flexibility index (Phi) is 3.79. The van der Waals surface area contributed by atoms with Crippen molar-refractivity contribution in [1.29, 1.82) is 0 Å². The van der Waals surface area contributed by atoms with Crippen LogP contribution in [0.3, 0.4) is 0 Å². The van der Waals surface area contributed by atoms with Gasteiger partial charge in [0.2, 0.25) is 0 Å². The Bertz CT molecular complexity index is 169. The van der Waals surface area contributed by atoms with Gasteiger partial charge in [0.15, 0.2) is 0 Å². The number of nitrogens with one attached hydrogen (secondary N) is 1. The first-order chi connectivity index (χ1) is 6.84. The second-order valence-corrected chi connectivity index (χ2v) is 4.70. The van der Waals surface area contributed by atoms with Gasteiger partial charge in [0.25, 0.3) is 0 Å². The van der Waals surface area contributed by atoms with Gasteiger partial charge in [0, 0.05) is 19.6 Å². The third-order valence-electron chi connectivity index (χ3n) is 3.32. The molecule has 0 aliphatic carbocycles. The van der Waals surface area contributed by atoms with Crippen LogP contribution in [0.1, 0.15) is 19.3 Å². The van der Waals surface area contributed by atoms with Crippen molar-refractivity contribution in [3.05, 3.63) is 0 Å². The van der Waals surface area contributed by atoms with E-state index in [4.69, 9.17) is 4.74 Å². The minimum Gasteiger partial charge on any atom is -0.376 e. The van der Waals surface area contributed by atoms with Gasteiger partial charge >= 0.3 is 0 Å². The molecule has 0 radical (unpaired) electrons. The lowest BCUT2D eigenvalue weighted by Gasteiger charge is -2.33. The van der Waals surface area contributed by atoms with E-state index in [1.165, 1.54) is 32.4 Å². The fourth-order valence-corrected chi connectivity index (χ4v) is 2.61. The molecule has 1 N–H and O–H groups in total. The molecule has 3 nitrogen and oxygen atoms in total. The van der Waals surface area contributed by atoms with Crippen LogP contribution in [-0.4, -0.2) is 50.8 Å². The Balaban J connectivity index is 1.72. The molecule has 0 bridgehead atoms. The molecule has 14 heavy (non-hydrogen) atoms. The van der Waals surface area contributed by atoms with Crippen molar-refractivity contribution in [2.45, 2.75) is 25.4 Å². The van der Waals surface area contributed by atoms with E-state index in [0.717, 1.165) is 25.6 Å². The van der Waals surface area contributed by atoms with Gasteiger partial charge in [-0.25, -0.2) is 0 Å². The summed E-state index contributed by atoms with van der Waals surface area (Å²) >= 11 is 0. The average molecular weight is 198 g/mol. The number of morpholine rings is 1. The van der Waals surface area contributed by atoms with Gasteiger partial charge in [-0.2, -0.15) is 0 Å². The van der Waals surface area contributed by atoms with Gasteiger partial charge in [-0.1, -0.05) is 0 Å². The number of likely N-dealkylation sites (tertiary alicyclic amines) is 1. The molecule has 0 aromatic heterocycles. The van der Waals surface area contributed by atoms with Crippen LogP contribution in [0.5, 0.6) is 0 Å². The molecule has 3 heteroatoms. The lowest BCUT2D eigenvalue weighted by molar-refractivity contribution is 0.00627. The number of hydrogen-bond acceptors (Lipinski definition) is 3. The molecule has 2 aliphatic heterocycles. The zero-order valence-corrected chi connectivity index (χ0v) is 9.17. The van der Waals surface area contributed by atoms with E-state index in [1.807, 2.05) is 0 Å². The highest BCUT2D eigenvalue weighted by molar-refractivity contribution is 4.76. The third kappa shape index (κ3) is 2.94. The van der Waals surface area contributed by atoms with E-state index in [-0.39, 0.29) is 0 Å². The topological polar surface area (TPSA) is 24.5 Å². The SMILES string of the molecule is CN1CCCC(CC2CNCCO2)C1. The summed E-state index contributed by atoms with van der Waals surface area (Å²) < 4.78 is 5.73. The van der Waals surface area contributed by atoms with E-state index >= 15 is 0 Å². The predicted molar refractivity (Wildman–Crippen MR) is 57.4 cm³/mol. The number of ether oxygens (including phenoxy) is 1. The highest BCUT2D eigenvalue weighted by Crippen LogP contribution is 2.21. The Hall–Kier alpha value is -0.120. The average Bonchev–Trinajstić information content (AvgIpc) is 2.19. The van der Waals surface area contributed by atoms with E-state index in [9.17, 15) is 0 Å². The van der Waals surface area contributed by atoms with Crippen LogP contribution in [0.25, 0.3) is 0 Å². The summed E-state index contributed by atoms with van der Waals surface area (Å²) in [6.45, 7) is 5.52. The summed E-state index contributed by atoms with van der Waals surface area (Å²) in [6, 6.07) is 0. The molecule has 2 rings (SSSR count). The summed E-state index contributed by atoms with van der Waals surface area (Å²) in [6.07, 6.45) is 4.48. The molecular weight excluding hydrogens is 176 g/mol. The van der Waals surface area contributed by atoms with Crippen LogP contribution in [0, 0.1) is 5.92 Å². The first-order valence-electron chi connectivity index (χ1n) is 5.85. The van der Waals surface area contributed by atoms with E-state index in [0.29, 0.717) is 6.10 Å². The Morgan fingerprint density at radius 1 is 1.50 bits per heavy atom. The summed E-state index contributed by atoms with van der Waals surface area (Å²) in [5.41, 5.74) is 0. The summed E-state index contributed by atoms with van der Waals surface area (Å²) in [7, 11) is 2.23. The normalized spacial score (nSPS) is 35.8. The molecule has 82 valence electrons. The van der Waals surface area contributed by atoms with Crippen molar-refractivity contribution in [1.82, 2.24) is 10.2 Å². The Labute approximate surface area is 86.8 Å². The van der Waals surface area contributed by atoms with Crippen LogP contribution in [0.4, 0.5) is 0 Å². The fourth-order valence-electron chi connectivity index (χ4n) is 2.61. The van der Waals surface area contributed by atoms with E-state index in [2.05, 4.69) is 17.3 Å². The lowest BCUT2D eigenvalue weighted by atomic mass is 9.92. The van der Waals surface area contributed by atoms with Gasteiger partial charge < -0.3 is 15.0 Å². The molecule has 0 aromatic carbocycles. The van der Waals surface area contributed by atoms with Crippen molar-refractivity contribution >= 4 is 0 Å². The van der Waals surface area contributed by atoms with Crippen molar-refractivity contribution in [3.8, 4) is 0 Å². The van der Waals surface area contributed by atoms with E-state index in [1.54, 1.807) is 0 Å². The lowest BCUT2D eigenvalue weighted by Crippen LogP contribution is -2.41. The standard InChI is InChI=1S/C11H22N2O/c1-13-5-2-3-10(9-13)7-11-8-12-4-6-14-11/h10-12H,2-9H2,1H3. The number of rotatable bonds is 2. The van der Waals surface area contributed by atoms with E-state index < -0.39 is 0 Å². The maximum atomic E-state index is 5.73. The second kappa shape index (κ2) is 5.10. The van der Waals surface area contributed by atoms with Gasteiger partial charge in [-0.05, 0) is 38.8 Å². The number of piperidine rings is 1. The van der Waals surface area contributed by atoms with Crippen LogP contribution < -0.4 is 5.32 Å². The van der Waals surface area contributed by atoms with Crippen molar-refractivity contribution in [3.63, 3.8) is 0 Å². The summed E-state index contributed by atoms with van der Waals surface area (Å²) in [5, 5.41) is 3.40. The van der Waals surface area contributed by atoms with Gasteiger partial charge in [0.1, 0.15) is 0 Å². The quantitative estimate of drug-likeness (QED) is 0.707. The molecule has 2 atom stereocenters. The highest BCUT2D eigenvalue weighted by atomic mass is 16.5. The van der Waals surface area contributed by atoms with Gasteiger partial charge in [0.05, 0.1) is 12.7 Å². The molecule has 2 fully saturated rings. The molecule has 0 aromatic rings. The van der Waals surface area contributed by atoms with Crippen LogP contribution in [-0.2, 0) is 4.74 Å². The maximum absolute atomic E-state index is 5.73. The van der Waals surface area contributed by atoms with Crippen molar-refractivity contribution in [2.24, 2.45) is 5.92 Å². The molecule has 0 spiro atoms. The van der Waals surface area contributed by atoms with Gasteiger partial charge in [-0.3, -0.25) is 0 Å². The minimum atomic E-state index is 0.472. The van der Waals surface area contributed by atoms with Gasteiger partial charge in [-0.15, -0.1) is 0 Å². The zero-order valence-electron chi connectivity index (χ0n) is 9.17. The monoisotopic (exact) mass is 198 g/mol. The highest BCUT2D eigenvalue weighted by Gasteiger charge is 2.22. The van der Waals surface area contributed by atoms with Crippen molar-refractivity contribution < 1.29 is 4.74 Å². The molecule has 2 heterocycles. The number of hydrogen-bond donors (Lipinski definition) is 1. The Morgan fingerprint density at radius 2 is 2.43 bits per heavy atom. The minimum absolute atomic E-state index is 0.472. The Morgan fingerprint density at radius 3 is 3.14 bits per heavy atom. The predicted octanol–water partition coefficient (Wildman–Crippen LogP) is 0.707. The van der Waals surface area contributed by atoms with Crippen LogP contribution >= 0.6 is 0 Å². The molecule has 2 aliphatic rings. The van der Waals surface area contributed by atoms with Crippen LogP contribution in [0.2, 0.25) is 0 Å². The first kappa shape index (κ1) is 10.4. The molecule has 2 unspecified atom stereocenters. The van der Waals surface area contributed by atoms with Crippen LogP contribution in [0.15, 0.2) is 0 Å². The number of nitrogens with zero attached hydrogens (tertiary/aromatic N) is 1. The fraction of sp³-hybridized carbons (Fsp3) is 1.00. The smallest absolute Gasteiger partial charge is 0.0703 e. The molecule has 0 amide bonds. The molecule has 2 saturated heterocycles. The third-order valence-corrected chi connectivity index (χ3v) is 3.32. The second-order valence-electron chi connectivity index (χ2n) is 4.70. The molecule has 0 saturated carbocycles. The summed E-state index contributed by atoms with van der Waals surface area (Å²) in [4.78, 5) is 2.45.